The Hall–Kier alpha value is -2.93. The topological polar surface area (TPSA) is 110 Å². The maximum atomic E-state index is 12.4. The lowest BCUT2D eigenvalue weighted by Crippen LogP contribution is -2.31. The minimum Gasteiger partial charge on any atom is -0.481 e. The smallest absolute Gasteiger partial charge is 0.305 e. The van der Waals surface area contributed by atoms with Gasteiger partial charge in [-0.1, -0.05) is 48.9 Å². The molecule has 2 aromatic carbocycles. The molecule has 0 bridgehead atoms. The molecule has 27 heavy (non-hydrogen) atoms. The van der Waals surface area contributed by atoms with Gasteiger partial charge >= 0.3 is 5.97 Å². The van der Waals surface area contributed by atoms with Crippen LogP contribution in [-0.2, 0) is 9.59 Å². The van der Waals surface area contributed by atoms with Crippen molar-refractivity contribution in [1.29, 1.82) is 0 Å². The first-order chi connectivity index (χ1) is 12.8. The summed E-state index contributed by atoms with van der Waals surface area (Å²) in [5.74, 6) is -1.59. The predicted octanol–water partition coefficient (Wildman–Crippen LogP) is 4.07. The number of nitrogens with one attached hydrogen (secondary N) is 1. The average Bonchev–Trinajstić information content (AvgIpc) is 2.61. The Bertz CT molecular complexity index is 841. The molecule has 2 N–H and O–H groups in total. The summed E-state index contributed by atoms with van der Waals surface area (Å²) in [4.78, 5) is 34.0. The fourth-order valence-corrected chi connectivity index (χ4v) is 3.01. The van der Waals surface area contributed by atoms with Crippen LogP contribution < -0.4 is 5.32 Å². The van der Waals surface area contributed by atoms with E-state index in [-0.39, 0.29) is 34.5 Å². The van der Waals surface area contributed by atoms with Crippen LogP contribution in [0.25, 0.3) is 0 Å². The van der Waals surface area contributed by atoms with E-state index in [1.165, 1.54) is 18.2 Å². The van der Waals surface area contributed by atoms with Crippen LogP contribution in [0.5, 0.6) is 0 Å². The van der Waals surface area contributed by atoms with E-state index in [0.29, 0.717) is 0 Å². The number of amides is 1. The Balaban J connectivity index is 2.19. The minimum absolute atomic E-state index is 0.0720. The van der Waals surface area contributed by atoms with Crippen LogP contribution in [0.2, 0.25) is 5.02 Å². The van der Waals surface area contributed by atoms with E-state index < -0.39 is 23.4 Å². The molecule has 0 aliphatic heterocycles. The molecule has 0 saturated heterocycles. The number of rotatable bonds is 8. The lowest BCUT2D eigenvalue weighted by atomic mass is 9.96. The van der Waals surface area contributed by atoms with E-state index in [9.17, 15) is 19.7 Å². The summed E-state index contributed by atoms with van der Waals surface area (Å²) < 4.78 is 0. The normalized spacial score (nSPS) is 12.8. The third-order valence-corrected chi connectivity index (χ3v) is 4.48. The number of hydrogen-bond acceptors (Lipinski definition) is 4. The second kappa shape index (κ2) is 9.14. The summed E-state index contributed by atoms with van der Waals surface area (Å²) in [7, 11) is 0. The van der Waals surface area contributed by atoms with Crippen molar-refractivity contribution in [2.45, 2.75) is 31.7 Å². The van der Waals surface area contributed by atoms with Crippen LogP contribution in [0.1, 0.15) is 42.9 Å². The van der Waals surface area contributed by atoms with E-state index >= 15 is 0 Å². The Morgan fingerprint density at radius 1 is 1.19 bits per heavy atom. The number of nitro groups is 1. The van der Waals surface area contributed by atoms with Crippen LogP contribution in [0.15, 0.2) is 48.5 Å². The van der Waals surface area contributed by atoms with E-state index in [2.05, 4.69) is 5.32 Å². The number of hydrogen-bond donors (Lipinski definition) is 2. The monoisotopic (exact) mass is 390 g/mol. The van der Waals surface area contributed by atoms with Crippen molar-refractivity contribution in [3.8, 4) is 0 Å². The Morgan fingerprint density at radius 3 is 2.44 bits per heavy atom. The van der Waals surface area contributed by atoms with Crippen LogP contribution >= 0.6 is 11.6 Å². The summed E-state index contributed by atoms with van der Waals surface area (Å²) >= 11 is 6.10. The molecule has 0 radical (unpaired) electrons. The van der Waals surface area contributed by atoms with Gasteiger partial charge in [-0.15, -0.1) is 0 Å². The first-order valence-corrected chi connectivity index (χ1v) is 8.65. The summed E-state index contributed by atoms with van der Waals surface area (Å²) in [6, 6.07) is 12.2. The van der Waals surface area contributed by atoms with Gasteiger partial charge < -0.3 is 10.4 Å². The SMILES string of the molecule is C[C@@H](CC(=O)N[C@H](CC(=O)O)c1cc([N+](=O)[O-])ccc1Cl)c1ccccc1. The summed E-state index contributed by atoms with van der Waals surface area (Å²) in [5.41, 5.74) is 0.960. The van der Waals surface area contributed by atoms with Gasteiger partial charge in [-0.05, 0) is 17.5 Å². The quantitative estimate of drug-likeness (QED) is 0.521. The van der Waals surface area contributed by atoms with Gasteiger partial charge in [0, 0.05) is 29.1 Å². The number of carboxylic acid groups (broad SMARTS) is 1. The highest BCUT2D eigenvalue weighted by Crippen LogP contribution is 2.30. The summed E-state index contributed by atoms with van der Waals surface area (Å²) in [5, 5.41) is 23.0. The molecule has 2 atom stereocenters. The molecule has 0 aliphatic carbocycles. The fourth-order valence-electron chi connectivity index (χ4n) is 2.76. The van der Waals surface area contributed by atoms with Crippen LogP contribution in [0, 0.1) is 10.1 Å². The van der Waals surface area contributed by atoms with Crippen molar-refractivity contribution < 1.29 is 19.6 Å². The third-order valence-electron chi connectivity index (χ3n) is 4.14. The molecular formula is C19H19ClN2O5. The molecule has 0 saturated carbocycles. The molecular weight excluding hydrogens is 372 g/mol. The molecule has 1 amide bonds. The highest BCUT2D eigenvalue weighted by Gasteiger charge is 2.23. The highest BCUT2D eigenvalue weighted by atomic mass is 35.5. The first-order valence-electron chi connectivity index (χ1n) is 8.28. The lowest BCUT2D eigenvalue weighted by molar-refractivity contribution is -0.384. The van der Waals surface area contributed by atoms with Gasteiger partial charge in [-0.3, -0.25) is 19.7 Å². The predicted molar refractivity (Wildman–Crippen MR) is 101 cm³/mol. The molecule has 0 spiro atoms. The van der Waals surface area contributed by atoms with Gasteiger partial charge in [-0.2, -0.15) is 0 Å². The molecule has 0 fully saturated rings. The standard InChI is InChI=1S/C19H19ClN2O5/c1-12(13-5-3-2-4-6-13)9-18(23)21-17(11-19(24)25)15-10-14(22(26)27)7-8-16(15)20/h2-8,10,12,17H,9,11H2,1H3,(H,21,23)(H,24,25)/t12-,17+/m0/s1. The van der Waals surface area contributed by atoms with E-state index in [1.807, 2.05) is 37.3 Å². The molecule has 2 rings (SSSR count). The van der Waals surface area contributed by atoms with Crippen molar-refractivity contribution in [3.05, 3.63) is 74.8 Å². The number of nitro benzene ring substituents is 1. The average molecular weight is 391 g/mol. The maximum Gasteiger partial charge on any atom is 0.305 e. The van der Waals surface area contributed by atoms with Gasteiger partial charge in [0.05, 0.1) is 17.4 Å². The lowest BCUT2D eigenvalue weighted by Gasteiger charge is -2.20. The molecule has 0 unspecified atom stereocenters. The number of benzene rings is 2. The molecule has 2 aromatic rings. The number of carboxylic acids is 1. The van der Waals surface area contributed by atoms with Crippen molar-refractivity contribution in [2.24, 2.45) is 0 Å². The van der Waals surface area contributed by atoms with Gasteiger partial charge in [0.25, 0.3) is 5.69 Å². The summed E-state index contributed by atoms with van der Waals surface area (Å²) in [6.07, 6.45) is -0.293. The number of non-ortho nitro benzene ring substituents is 1. The van der Waals surface area contributed by atoms with E-state index in [0.717, 1.165) is 5.56 Å². The second-order valence-electron chi connectivity index (χ2n) is 6.20. The molecule has 142 valence electrons. The van der Waals surface area contributed by atoms with Gasteiger partial charge in [0.1, 0.15) is 0 Å². The maximum absolute atomic E-state index is 12.4. The Kier molecular flexibility index (Phi) is 6.90. The molecule has 0 aromatic heterocycles. The van der Waals surface area contributed by atoms with Crippen molar-refractivity contribution >= 4 is 29.2 Å². The van der Waals surface area contributed by atoms with Crippen molar-refractivity contribution in [2.75, 3.05) is 0 Å². The highest BCUT2D eigenvalue weighted by molar-refractivity contribution is 6.31. The minimum atomic E-state index is -1.15. The number of carbonyl (C=O) groups excluding carboxylic acids is 1. The molecule has 0 heterocycles. The van der Waals surface area contributed by atoms with Gasteiger partial charge in [0.2, 0.25) is 5.91 Å². The van der Waals surface area contributed by atoms with E-state index in [4.69, 9.17) is 16.7 Å². The van der Waals surface area contributed by atoms with Crippen LogP contribution in [0.4, 0.5) is 5.69 Å². The molecule has 0 aliphatic rings. The number of nitrogens with zero attached hydrogens (tertiary/aromatic N) is 1. The zero-order valence-corrected chi connectivity index (χ0v) is 15.3. The Labute approximate surface area is 161 Å². The van der Waals surface area contributed by atoms with Crippen molar-refractivity contribution in [3.63, 3.8) is 0 Å². The first kappa shape index (κ1) is 20.4. The molecule has 8 heteroatoms. The zero-order chi connectivity index (χ0) is 20.0. The van der Waals surface area contributed by atoms with Crippen LogP contribution in [-0.4, -0.2) is 21.9 Å². The largest absolute Gasteiger partial charge is 0.481 e. The fraction of sp³-hybridized carbons (Fsp3) is 0.263. The summed E-state index contributed by atoms with van der Waals surface area (Å²) in [6.45, 7) is 1.89. The van der Waals surface area contributed by atoms with Crippen molar-refractivity contribution in [1.82, 2.24) is 5.32 Å². The number of carbonyl (C=O) groups is 2. The number of halogens is 1. The van der Waals surface area contributed by atoms with Gasteiger partial charge in [-0.25, -0.2) is 0 Å². The van der Waals surface area contributed by atoms with Gasteiger partial charge in [0.15, 0.2) is 0 Å². The zero-order valence-electron chi connectivity index (χ0n) is 14.6. The molecule has 7 nitrogen and oxygen atoms in total. The Morgan fingerprint density at radius 2 is 1.85 bits per heavy atom. The van der Waals surface area contributed by atoms with E-state index in [1.54, 1.807) is 0 Å². The second-order valence-corrected chi connectivity index (χ2v) is 6.60. The number of aliphatic carboxylic acids is 1. The third kappa shape index (κ3) is 5.79. The van der Waals surface area contributed by atoms with Crippen LogP contribution in [0.3, 0.4) is 0 Å².